The SMILES string of the molecule is CCc1oc(C(=O)C(C#N)C(=O)Nc2cccc(Cl)c2)cc1C. The summed E-state index contributed by atoms with van der Waals surface area (Å²) in [5.74, 6) is -2.17. The van der Waals surface area contributed by atoms with Gasteiger partial charge in [0.25, 0.3) is 0 Å². The van der Waals surface area contributed by atoms with Crippen LogP contribution in [0.25, 0.3) is 0 Å². The molecule has 5 nitrogen and oxygen atoms in total. The number of furan rings is 1. The van der Waals surface area contributed by atoms with Crippen molar-refractivity contribution in [2.45, 2.75) is 20.3 Å². The van der Waals surface area contributed by atoms with Gasteiger partial charge in [0, 0.05) is 17.1 Å². The number of ketones is 1. The number of hydrogen-bond acceptors (Lipinski definition) is 4. The summed E-state index contributed by atoms with van der Waals surface area (Å²) in [6.07, 6.45) is 0.630. The Morgan fingerprint density at radius 1 is 1.39 bits per heavy atom. The summed E-state index contributed by atoms with van der Waals surface area (Å²) < 4.78 is 5.43. The standard InChI is InChI=1S/C17H15ClN2O3/c1-3-14-10(2)7-15(23-14)16(21)13(9-19)17(22)20-12-6-4-5-11(18)8-12/h4-8,13H,3H2,1-2H3,(H,20,22). The Bertz CT molecular complexity index is 789. The Kier molecular flexibility index (Phi) is 5.20. The highest BCUT2D eigenvalue weighted by Crippen LogP contribution is 2.20. The minimum absolute atomic E-state index is 0.0205. The Morgan fingerprint density at radius 3 is 2.70 bits per heavy atom. The first-order valence-corrected chi connectivity index (χ1v) is 7.43. The number of anilines is 1. The summed E-state index contributed by atoms with van der Waals surface area (Å²) >= 11 is 5.84. The number of rotatable bonds is 5. The van der Waals surface area contributed by atoms with Crippen molar-refractivity contribution in [3.05, 3.63) is 52.4 Å². The lowest BCUT2D eigenvalue weighted by atomic mass is 10.0. The van der Waals surface area contributed by atoms with Crippen molar-refractivity contribution in [1.82, 2.24) is 0 Å². The average molecular weight is 331 g/mol. The predicted molar refractivity (Wildman–Crippen MR) is 86.3 cm³/mol. The predicted octanol–water partition coefficient (Wildman–Crippen LogP) is 3.77. The molecule has 1 unspecified atom stereocenters. The zero-order chi connectivity index (χ0) is 17.0. The van der Waals surface area contributed by atoms with E-state index in [4.69, 9.17) is 16.0 Å². The van der Waals surface area contributed by atoms with Gasteiger partial charge in [-0.1, -0.05) is 24.6 Å². The van der Waals surface area contributed by atoms with E-state index in [1.807, 2.05) is 13.8 Å². The van der Waals surface area contributed by atoms with Crippen LogP contribution in [0.2, 0.25) is 5.02 Å². The molecule has 1 aromatic heterocycles. The summed E-state index contributed by atoms with van der Waals surface area (Å²) in [5.41, 5.74) is 1.24. The molecule has 1 aromatic carbocycles. The van der Waals surface area contributed by atoms with E-state index in [1.165, 1.54) is 6.07 Å². The molecule has 0 aliphatic rings. The van der Waals surface area contributed by atoms with Crippen molar-refractivity contribution in [3.63, 3.8) is 0 Å². The second kappa shape index (κ2) is 7.12. The van der Waals surface area contributed by atoms with Crippen molar-refractivity contribution < 1.29 is 14.0 Å². The van der Waals surface area contributed by atoms with Crippen molar-refractivity contribution in [3.8, 4) is 6.07 Å². The monoisotopic (exact) mass is 330 g/mol. The number of nitrogens with one attached hydrogen (secondary N) is 1. The average Bonchev–Trinajstić information content (AvgIpc) is 2.89. The Balaban J connectivity index is 2.19. The van der Waals surface area contributed by atoms with Crippen molar-refractivity contribution in [2.24, 2.45) is 5.92 Å². The van der Waals surface area contributed by atoms with Gasteiger partial charge in [0.15, 0.2) is 11.7 Å². The fourth-order valence-electron chi connectivity index (χ4n) is 2.15. The van der Waals surface area contributed by atoms with Gasteiger partial charge in [-0.05, 0) is 36.8 Å². The van der Waals surface area contributed by atoms with E-state index in [1.54, 1.807) is 30.3 Å². The van der Waals surface area contributed by atoms with Crippen LogP contribution in [0, 0.1) is 24.2 Å². The molecule has 0 aliphatic heterocycles. The molecule has 0 spiro atoms. The van der Waals surface area contributed by atoms with Crippen LogP contribution in [0.3, 0.4) is 0 Å². The Hall–Kier alpha value is -2.58. The molecule has 0 bridgehead atoms. The van der Waals surface area contributed by atoms with Gasteiger partial charge in [0.2, 0.25) is 11.7 Å². The van der Waals surface area contributed by atoms with Crippen LogP contribution < -0.4 is 5.32 Å². The number of nitrogens with zero attached hydrogens (tertiary/aromatic N) is 1. The Morgan fingerprint density at radius 2 is 2.13 bits per heavy atom. The first kappa shape index (κ1) is 16.8. The third kappa shape index (κ3) is 3.79. The van der Waals surface area contributed by atoms with Gasteiger partial charge in [0.1, 0.15) is 5.76 Å². The molecule has 2 rings (SSSR count). The molecule has 0 fully saturated rings. The van der Waals surface area contributed by atoms with Crippen molar-refractivity contribution in [1.29, 1.82) is 5.26 Å². The van der Waals surface area contributed by atoms with Gasteiger partial charge in [-0.2, -0.15) is 5.26 Å². The number of aryl methyl sites for hydroxylation is 2. The number of nitriles is 1. The third-order valence-corrected chi connectivity index (χ3v) is 3.57. The molecule has 1 atom stereocenters. The number of Topliss-reactive ketones (excluding diaryl/α,β-unsaturated/α-hetero) is 1. The van der Waals surface area contributed by atoms with E-state index in [2.05, 4.69) is 5.32 Å². The normalized spacial score (nSPS) is 11.6. The molecule has 2 aromatic rings. The van der Waals surface area contributed by atoms with E-state index in [-0.39, 0.29) is 5.76 Å². The number of carbonyl (C=O) groups excluding carboxylic acids is 2. The van der Waals surface area contributed by atoms with Crippen LogP contribution in [0.4, 0.5) is 5.69 Å². The molecule has 6 heteroatoms. The van der Waals surface area contributed by atoms with Gasteiger partial charge in [-0.15, -0.1) is 0 Å². The number of amides is 1. The fourth-order valence-corrected chi connectivity index (χ4v) is 2.34. The van der Waals surface area contributed by atoms with E-state index < -0.39 is 17.6 Å². The number of hydrogen-bond donors (Lipinski definition) is 1. The lowest BCUT2D eigenvalue weighted by Gasteiger charge is -2.08. The molecule has 0 aliphatic carbocycles. The van der Waals surface area contributed by atoms with Crippen molar-refractivity contribution in [2.75, 3.05) is 5.32 Å². The maximum atomic E-state index is 12.4. The first-order chi connectivity index (χ1) is 11.0. The summed E-state index contributed by atoms with van der Waals surface area (Å²) in [5, 5.41) is 12.1. The van der Waals surface area contributed by atoms with Crippen LogP contribution in [-0.4, -0.2) is 11.7 Å². The minimum atomic E-state index is -1.48. The summed E-state index contributed by atoms with van der Waals surface area (Å²) in [4.78, 5) is 24.5. The largest absolute Gasteiger partial charge is 0.458 e. The van der Waals surface area contributed by atoms with Crippen LogP contribution in [0.1, 0.15) is 28.8 Å². The highest BCUT2D eigenvalue weighted by molar-refractivity contribution is 6.31. The lowest BCUT2D eigenvalue weighted by molar-refractivity contribution is -0.117. The molecule has 23 heavy (non-hydrogen) atoms. The van der Waals surface area contributed by atoms with E-state index >= 15 is 0 Å². The number of halogens is 1. The third-order valence-electron chi connectivity index (χ3n) is 3.33. The van der Waals surface area contributed by atoms with Crippen LogP contribution in [0.15, 0.2) is 34.7 Å². The van der Waals surface area contributed by atoms with Crippen LogP contribution in [0.5, 0.6) is 0 Å². The second-order valence-corrected chi connectivity index (χ2v) is 5.43. The van der Waals surface area contributed by atoms with E-state index in [0.29, 0.717) is 22.9 Å². The molecular weight excluding hydrogens is 316 g/mol. The fraction of sp³-hybridized carbons (Fsp3) is 0.235. The topological polar surface area (TPSA) is 83.1 Å². The van der Waals surface area contributed by atoms with Gasteiger partial charge >= 0.3 is 0 Å². The summed E-state index contributed by atoms with van der Waals surface area (Å²) in [6, 6.07) is 9.75. The minimum Gasteiger partial charge on any atom is -0.458 e. The molecular formula is C17H15ClN2O3. The highest BCUT2D eigenvalue weighted by atomic mass is 35.5. The van der Waals surface area contributed by atoms with Gasteiger partial charge in [0.05, 0.1) is 6.07 Å². The highest BCUT2D eigenvalue weighted by Gasteiger charge is 2.30. The maximum Gasteiger partial charge on any atom is 0.249 e. The molecule has 1 amide bonds. The van der Waals surface area contributed by atoms with Gasteiger partial charge in [-0.25, -0.2) is 0 Å². The number of carbonyl (C=O) groups is 2. The van der Waals surface area contributed by atoms with E-state index in [0.717, 1.165) is 5.56 Å². The molecule has 1 N–H and O–H groups in total. The van der Waals surface area contributed by atoms with Gasteiger partial charge < -0.3 is 9.73 Å². The quantitative estimate of drug-likeness (QED) is 0.668. The first-order valence-electron chi connectivity index (χ1n) is 7.05. The lowest BCUT2D eigenvalue weighted by Crippen LogP contribution is -2.28. The summed E-state index contributed by atoms with van der Waals surface area (Å²) in [7, 11) is 0. The molecule has 0 saturated heterocycles. The zero-order valence-corrected chi connectivity index (χ0v) is 13.5. The molecule has 1 heterocycles. The Labute approximate surface area is 138 Å². The van der Waals surface area contributed by atoms with Crippen LogP contribution in [-0.2, 0) is 11.2 Å². The maximum absolute atomic E-state index is 12.4. The molecule has 118 valence electrons. The zero-order valence-electron chi connectivity index (χ0n) is 12.7. The smallest absolute Gasteiger partial charge is 0.249 e. The summed E-state index contributed by atoms with van der Waals surface area (Å²) in [6.45, 7) is 3.71. The molecule has 0 saturated carbocycles. The second-order valence-electron chi connectivity index (χ2n) is 5.00. The number of benzene rings is 1. The van der Waals surface area contributed by atoms with Crippen molar-refractivity contribution >= 4 is 29.0 Å². The van der Waals surface area contributed by atoms with Crippen LogP contribution >= 0.6 is 11.6 Å². The van der Waals surface area contributed by atoms with Gasteiger partial charge in [-0.3, -0.25) is 9.59 Å². The molecule has 0 radical (unpaired) electrons. The van der Waals surface area contributed by atoms with E-state index in [9.17, 15) is 14.9 Å².